The Hall–Kier alpha value is -2.87. The molecule has 0 aliphatic heterocycles. The molecule has 4 N–H and O–H groups in total. The number of rotatable bonds is 6. The van der Waals surface area contributed by atoms with Crippen LogP contribution >= 0.6 is 12.2 Å². The molecule has 1 aliphatic carbocycles. The van der Waals surface area contributed by atoms with Gasteiger partial charge in [0.2, 0.25) is 0 Å². The van der Waals surface area contributed by atoms with E-state index in [4.69, 9.17) is 18.0 Å². The monoisotopic (exact) mass is 413 g/mol. The van der Waals surface area contributed by atoms with Gasteiger partial charge in [-0.1, -0.05) is 42.0 Å². The number of thiocarbonyl (C=S) groups is 1. The van der Waals surface area contributed by atoms with Crippen molar-refractivity contribution in [1.82, 2.24) is 14.9 Å². The van der Waals surface area contributed by atoms with Gasteiger partial charge >= 0.3 is 5.69 Å². The highest BCUT2D eigenvalue weighted by Crippen LogP contribution is 2.23. The topological polar surface area (TPSA) is 96.2 Å². The molecule has 0 atom stereocenters. The predicted octanol–water partition coefficient (Wildman–Crippen LogP) is 2.37. The third kappa shape index (κ3) is 4.95. The summed E-state index contributed by atoms with van der Waals surface area (Å²) in [4.78, 5) is 29.2. The zero-order valence-electron chi connectivity index (χ0n) is 16.6. The van der Waals surface area contributed by atoms with Crippen LogP contribution in [0.4, 0.5) is 11.5 Å². The lowest BCUT2D eigenvalue weighted by Crippen LogP contribution is -2.45. The van der Waals surface area contributed by atoms with E-state index in [1.807, 2.05) is 30.3 Å². The van der Waals surface area contributed by atoms with Crippen LogP contribution in [0.25, 0.3) is 0 Å². The first-order chi connectivity index (χ1) is 14.0. The molecular weight excluding hydrogens is 386 g/mol. The van der Waals surface area contributed by atoms with E-state index in [1.54, 1.807) is 11.9 Å². The van der Waals surface area contributed by atoms with E-state index in [0.29, 0.717) is 11.7 Å². The van der Waals surface area contributed by atoms with E-state index in [2.05, 4.69) is 16.4 Å². The summed E-state index contributed by atoms with van der Waals surface area (Å²) in [7, 11) is 1.71. The fourth-order valence-corrected chi connectivity index (χ4v) is 3.78. The van der Waals surface area contributed by atoms with Crippen molar-refractivity contribution in [2.75, 3.05) is 24.2 Å². The molecular formula is C21H27N5O2S. The minimum atomic E-state index is -0.537. The molecule has 0 spiro atoms. The third-order valence-electron chi connectivity index (χ3n) is 5.17. The number of nitrogens with one attached hydrogen (secondary N) is 2. The number of nitrogens with two attached hydrogens (primary N) is 1. The van der Waals surface area contributed by atoms with Crippen molar-refractivity contribution in [3.63, 3.8) is 0 Å². The van der Waals surface area contributed by atoms with Gasteiger partial charge < -0.3 is 16.0 Å². The minimum Gasteiger partial charge on any atom is -0.383 e. The van der Waals surface area contributed by atoms with E-state index in [9.17, 15) is 9.59 Å². The first kappa shape index (κ1) is 20.9. The molecule has 8 heteroatoms. The second-order valence-corrected chi connectivity index (χ2v) is 7.52. The number of allylic oxidation sites excluding steroid dienone is 1. The summed E-state index contributed by atoms with van der Waals surface area (Å²) in [5.41, 5.74) is 7.75. The van der Waals surface area contributed by atoms with Crippen LogP contribution in [0.5, 0.6) is 0 Å². The van der Waals surface area contributed by atoms with E-state index in [0.717, 1.165) is 24.8 Å². The predicted molar refractivity (Wildman–Crippen MR) is 121 cm³/mol. The fourth-order valence-electron chi connectivity index (χ4n) is 3.60. The van der Waals surface area contributed by atoms with Crippen molar-refractivity contribution in [2.24, 2.45) is 0 Å². The highest BCUT2D eigenvalue weighted by Gasteiger charge is 2.22. The van der Waals surface area contributed by atoms with Crippen molar-refractivity contribution in [3.8, 4) is 0 Å². The fraction of sp³-hybridized carbons (Fsp3) is 0.381. The molecule has 1 aliphatic rings. The van der Waals surface area contributed by atoms with Crippen LogP contribution in [0.2, 0.25) is 0 Å². The average Bonchev–Trinajstić information content (AvgIpc) is 2.74. The van der Waals surface area contributed by atoms with Gasteiger partial charge in [-0.15, -0.1) is 0 Å². The largest absolute Gasteiger partial charge is 0.383 e. The quantitative estimate of drug-likeness (QED) is 0.497. The Labute approximate surface area is 175 Å². The molecule has 0 amide bonds. The molecule has 3 rings (SSSR count). The van der Waals surface area contributed by atoms with Crippen LogP contribution in [0.1, 0.15) is 37.7 Å². The maximum Gasteiger partial charge on any atom is 0.330 e. The Morgan fingerprint density at radius 1 is 1.28 bits per heavy atom. The van der Waals surface area contributed by atoms with Gasteiger partial charge in [-0.3, -0.25) is 14.3 Å². The van der Waals surface area contributed by atoms with Crippen molar-refractivity contribution in [3.05, 3.63) is 68.4 Å². The first-order valence-electron chi connectivity index (χ1n) is 9.85. The first-order valence-corrected chi connectivity index (χ1v) is 10.3. The molecule has 1 aromatic heterocycles. The molecule has 7 nitrogen and oxygen atoms in total. The molecule has 0 saturated carbocycles. The molecule has 0 bridgehead atoms. The van der Waals surface area contributed by atoms with E-state index >= 15 is 0 Å². The standard InChI is InChI=1S/C21H27N5O2S/c1-23-21(29)25(13-12-15-8-4-2-5-9-15)17-18(22)26(20(28)24-19(17)27)14-16-10-6-3-7-11-16/h3,6-8,10-11H,2,4-5,9,12-14,22H2,1H3,(H,23,29)(H,24,27,28). The summed E-state index contributed by atoms with van der Waals surface area (Å²) in [5, 5.41) is 3.32. The second-order valence-electron chi connectivity index (χ2n) is 7.13. The van der Waals surface area contributed by atoms with E-state index in [-0.39, 0.29) is 18.1 Å². The van der Waals surface area contributed by atoms with Crippen LogP contribution < -0.4 is 27.2 Å². The Morgan fingerprint density at radius 2 is 2.03 bits per heavy atom. The highest BCUT2D eigenvalue weighted by atomic mass is 32.1. The number of nitrogens with zero attached hydrogens (tertiary/aromatic N) is 2. The molecule has 0 radical (unpaired) electrons. The summed E-state index contributed by atoms with van der Waals surface area (Å²) in [5.74, 6) is 0.109. The van der Waals surface area contributed by atoms with Crippen molar-refractivity contribution in [2.45, 2.75) is 38.6 Å². The lowest BCUT2D eigenvalue weighted by atomic mass is 9.97. The zero-order valence-corrected chi connectivity index (χ0v) is 17.4. The number of anilines is 2. The average molecular weight is 414 g/mol. The van der Waals surface area contributed by atoms with Gasteiger partial charge in [-0.25, -0.2) is 4.79 Å². The Morgan fingerprint density at radius 3 is 2.69 bits per heavy atom. The van der Waals surface area contributed by atoms with Crippen molar-refractivity contribution in [1.29, 1.82) is 0 Å². The summed E-state index contributed by atoms with van der Waals surface area (Å²) in [6.07, 6.45) is 7.63. The molecule has 0 unspecified atom stereocenters. The number of aromatic amines is 1. The Kier molecular flexibility index (Phi) is 6.87. The van der Waals surface area contributed by atoms with Crippen molar-refractivity contribution >= 4 is 28.8 Å². The third-order valence-corrected chi connectivity index (χ3v) is 5.59. The summed E-state index contributed by atoms with van der Waals surface area (Å²) in [6.45, 7) is 0.781. The second kappa shape index (κ2) is 9.56. The van der Waals surface area contributed by atoms with Gasteiger partial charge in [0.15, 0.2) is 10.8 Å². The van der Waals surface area contributed by atoms with Crippen LogP contribution in [0.15, 0.2) is 51.6 Å². The van der Waals surface area contributed by atoms with Crippen molar-refractivity contribution < 1.29 is 0 Å². The summed E-state index contributed by atoms with van der Waals surface area (Å²) < 4.78 is 1.37. The summed E-state index contributed by atoms with van der Waals surface area (Å²) in [6, 6.07) is 9.50. The molecule has 1 aromatic carbocycles. The molecule has 2 aromatic rings. The number of aromatic nitrogens is 2. The smallest absolute Gasteiger partial charge is 0.330 e. The van der Waals surface area contributed by atoms with Crippen LogP contribution in [0, 0.1) is 0 Å². The van der Waals surface area contributed by atoms with Crippen LogP contribution in [-0.2, 0) is 6.54 Å². The minimum absolute atomic E-state index is 0.109. The SMILES string of the molecule is CNC(=S)N(CCC1=CCCCC1)c1c(N)n(Cc2ccccc2)c(=O)[nH]c1=O. The van der Waals surface area contributed by atoms with Gasteiger partial charge in [0, 0.05) is 13.6 Å². The number of H-pyrrole nitrogens is 1. The van der Waals surface area contributed by atoms with Crippen LogP contribution in [0.3, 0.4) is 0 Å². The maximum atomic E-state index is 12.7. The highest BCUT2D eigenvalue weighted by molar-refractivity contribution is 7.80. The van der Waals surface area contributed by atoms with Gasteiger partial charge in [-0.05, 0) is 49.9 Å². The Bertz CT molecular complexity index is 1010. The summed E-state index contributed by atoms with van der Waals surface area (Å²) >= 11 is 5.45. The molecule has 0 saturated heterocycles. The van der Waals surface area contributed by atoms with Gasteiger partial charge in [0.1, 0.15) is 5.82 Å². The lowest BCUT2D eigenvalue weighted by molar-refractivity contribution is 0.673. The Balaban J connectivity index is 1.97. The lowest BCUT2D eigenvalue weighted by Gasteiger charge is -2.27. The number of hydrogen-bond acceptors (Lipinski definition) is 4. The van der Waals surface area contributed by atoms with Gasteiger partial charge in [-0.2, -0.15) is 0 Å². The zero-order chi connectivity index (χ0) is 20.8. The van der Waals surface area contributed by atoms with Crippen LogP contribution in [-0.4, -0.2) is 28.3 Å². The normalized spacial score (nSPS) is 13.6. The van der Waals surface area contributed by atoms with E-state index < -0.39 is 11.2 Å². The molecule has 1 heterocycles. The number of nitrogen functional groups attached to an aromatic ring is 1. The van der Waals surface area contributed by atoms with Gasteiger partial charge in [0.25, 0.3) is 5.56 Å². The number of hydrogen-bond donors (Lipinski definition) is 3. The molecule has 154 valence electrons. The van der Waals surface area contributed by atoms with E-state index in [1.165, 1.54) is 23.0 Å². The molecule has 0 fully saturated rings. The van der Waals surface area contributed by atoms with Gasteiger partial charge in [0.05, 0.1) is 6.54 Å². The molecule has 29 heavy (non-hydrogen) atoms. The number of benzene rings is 1. The maximum absolute atomic E-state index is 12.7.